The first-order chi connectivity index (χ1) is 10.6. The SMILES string of the molecule is Cc1sc2ncnc(SCC(=O)NC3CCCNC3)c2c1C. The number of aromatic nitrogens is 2. The van der Waals surface area contributed by atoms with Gasteiger partial charge in [-0.05, 0) is 38.8 Å². The summed E-state index contributed by atoms with van der Waals surface area (Å²) in [5.74, 6) is 0.479. The van der Waals surface area contributed by atoms with E-state index in [-0.39, 0.29) is 11.9 Å². The van der Waals surface area contributed by atoms with Crippen LogP contribution in [0.4, 0.5) is 0 Å². The molecule has 0 bridgehead atoms. The molecule has 118 valence electrons. The number of amides is 1. The largest absolute Gasteiger partial charge is 0.351 e. The molecule has 0 spiro atoms. The third kappa shape index (κ3) is 3.42. The number of fused-ring (bicyclic) bond motifs is 1. The maximum Gasteiger partial charge on any atom is 0.230 e. The van der Waals surface area contributed by atoms with Crippen LogP contribution in [0.2, 0.25) is 0 Å². The van der Waals surface area contributed by atoms with E-state index in [2.05, 4.69) is 34.4 Å². The third-order valence-electron chi connectivity index (χ3n) is 3.93. The van der Waals surface area contributed by atoms with Crippen molar-refractivity contribution in [2.75, 3.05) is 18.8 Å². The van der Waals surface area contributed by atoms with E-state index in [0.717, 1.165) is 41.2 Å². The van der Waals surface area contributed by atoms with Gasteiger partial charge in [-0.25, -0.2) is 9.97 Å². The highest BCUT2D eigenvalue weighted by Crippen LogP contribution is 2.34. The van der Waals surface area contributed by atoms with E-state index >= 15 is 0 Å². The Morgan fingerprint density at radius 1 is 1.50 bits per heavy atom. The maximum atomic E-state index is 12.1. The molecule has 0 radical (unpaired) electrons. The zero-order valence-electron chi connectivity index (χ0n) is 12.8. The number of nitrogens with one attached hydrogen (secondary N) is 2. The predicted molar refractivity (Wildman–Crippen MR) is 91.6 cm³/mol. The lowest BCUT2D eigenvalue weighted by Gasteiger charge is -2.23. The monoisotopic (exact) mass is 336 g/mol. The van der Waals surface area contributed by atoms with E-state index in [1.807, 2.05) is 0 Å². The molecule has 0 aliphatic carbocycles. The summed E-state index contributed by atoms with van der Waals surface area (Å²) in [6, 6.07) is 0.261. The molecule has 5 nitrogen and oxygen atoms in total. The van der Waals surface area contributed by atoms with E-state index in [0.29, 0.717) is 5.75 Å². The summed E-state index contributed by atoms with van der Waals surface area (Å²) in [5, 5.41) is 8.41. The molecule has 2 aromatic heterocycles. The van der Waals surface area contributed by atoms with Crippen molar-refractivity contribution in [2.24, 2.45) is 0 Å². The lowest BCUT2D eigenvalue weighted by atomic mass is 10.1. The van der Waals surface area contributed by atoms with Gasteiger partial charge < -0.3 is 10.6 Å². The number of nitrogens with zero attached hydrogens (tertiary/aromatic N) is 2. The minimum absolute atomic E-state index is 0.0788. The number of rotatable bonds is 4. The van der Waals surface area contributed by atoms with Gasteiger partial charge in [0.2, 0.25) is 5.91 Å². The van der Waals surface area contributed by atoms with Gasteiger partial charge in [0, 0.05) is 22.8 Å². The number of hydrogen-bond donors (Lipinski definition) is 2. The molecule has 2 N–H and O–H groups in total. The molecular weight excluding hydrogens is 316 g/mol. The van der Waals surface area contributed by atoms with Crippen molar-refractivity contribution in [1.29, 1.82) is 0 Å². The molecule has 1 unspecified atom stereocenters. The summed E-state index contributed by atoms with van der Waals surface area (Å²) in [6.45, 7) is 6.11. The molecule has 2 aromatic rings. The lowest BCUT2D eigenvalue weighted by Crippen LogP contribution is -2.46. The average Bonchev–Trinajstić information content (AvgIpc) is 2.82. The van der Waals surface area contributed by atoms with Crippen molar-refractivity contribution in [3.05, 3.63) is 16.8 Å². The highest BCUT2D eigenvalue weighted by Gasteiger charge is 2.17. The van der Waals surface area contributed by atoms with Crippen molar-refractivity contribution in [3.63, 3.8) is 0 Å². The van der Waals surface area contributed by atoms with Crippen LogP contribution in [0.1, 0.15) is 23.3 Å². The zero-order valence-corrected chi connectivity index (χ0v) is 14.4. The summed E-state index contributed by atoms with van der Waals surface area (Å²) < 4.78 is 0. The number of thioether (sulfide) groups is 1. The maximum absolute atomic E-state index is 12.1. The Labute approximate surface area is 138 Å². The van der Waals surface area contributed by atoms with Gasteiger partial charge in [0.1, 0.15) is 16.2 Å². The fraction of sp³-hybridized carbons (Fsp3) is 0.533. The molecule has 22 heavy (non-hydrogen) atoms. The van der Waals surface area contributed by atoms with Gasteiger partial charge in [0.05, 0.1) is 5.75 Å². The van der Waals surface area contributed by atoms with Gasteiger partial charge in [0.25, 0.3) is 0 Å². The van der Waals surface area contributed by atoms with Crippen LogP contribution in [0.5, 0.6) is 0 Å². The highest BCUT2D eigenvalue weighted by molar-refractivity contribution is 8.00. The van der Waals surface area contributed by atoms with Gasteiger partial charge in [-0.1, -0.05) is 11.8 Å². The number of carbonyl (C=O) groups is 1. The van der Waals surface area contributed by atoms with Crippen molar-refractivity contribution in [1.82, 2.24) is 20.6 Å². The highest BCUT2D eigenvalue weighted by atomic mass is 32.2. The molecule has 1 atom stereocenters. The van der Waals surface area contributed by atoms with Crippen LogP contribution < -0.4 is 10.6 Å². The molecule has 7 heteroatoms. The summed E-state index contributed by atoms with van der Waals surface area (Å²) >= 11 is 3.18. The first kappa shape index (κ1) is 15.7. The predicted octanol–water partition coefficient (Wildman–Crippen LogP) is 2.27. The Morgan fingerprint density at radius 2 is 2.36 bits per heavy atom. The molecular formula is C15H20N4OS2. The van der Waals surface area contributed by atoms with Crippen molar-refractivity contribution >= 4 is 39.2 Å². The zero-order chi connectivity index (χ0) is 15.5. The quantitative estimate of drug-likeness (QED) is 0.662. The third-order valence-corrected chi connectivity index (χ3v) is 6.04. The molecule has 1 aliphatic rings. The van der Waals surface area contributed by atoms with Crippen LogP contribution in [0, 0.1) is 13.8 Å². The minimum Gasteiger partial charge on any atom is -0.351 e. The summed E-state index contributed by atoms with van der Waals surface area (Å²) in [6.07, 6.45) is 3.77. The van der Waals surface area contributed by atoms with Crippen molar-refractivity contribution < 1.29 is 4.79 Å². The van der Waals surface area contributed by atoms with Crippen molar-refractivity contribution in [2.45, 2.75) is 37.8 Å². The molecule has 1 amide bonds. The van der Waals surface area contributed by atoms with Crippen LogP contribution in [-0.4, -0.2) is 40.8 Å². The van der Waals surface area contributed by atoms with Crippen molar-refractivity contribution in [3.8, 4) is 0 Å². The number of hydrogen-bond acceptors (Lipinski definition) is 6. The topological polar surface area (TPSA) is 66.9 Å². The number of aryl methyl sites for hydroxylation is 2. The Hall–Kier alpha value is -1.18. The van der Waals surface area contributed by atoms with Gasteiger partial charge >= 0.3 is 0 Å². The van der Waals surface area contributed by atoms with Crippen LogP contribution >= 0.6 is 23.1 Å². The Bertz CT molecular complexity index is 679. The molecule has 1 aliphatic heterocycles. The van der Waals surface area contributed by atoms with E-state index in [4.69, 9.17) is 0 Å². The second kappa shape index (κ2) is 6.93. The Kier molecular flexibility index (Phi) is 4.95. The van der Waals surface area contributed by atoms with Gasteiger partial charge in [0.15, 0.2) is 0 Å². The summed E-state index contributed by atoms with van der Waals surface area (Å²) in [5.41, 5.74) is 1.22. The second-order valence-corrected chi connectivity index (χ2v) is 7.71. The lowest BCUT2D eigenvalue weighted by molar-refractivity contribution is -0.119. The van der Waals surface area contributed by atoms with E-state index < -0.39 is 0 Å². The average molecular weight is 336 g/mol. The fourth-order valence-electron chi connectivity index (χ4n) is 2.64. The van der Waals surface area contributed by atoms with E-state index in [1.54, 1.807) is 17.7 Å². The standard InChI is InChI=1S/C15H20N4OS2/c1-9-10(2)22-15-13(9)14(17-8-18-15)21-7-12(20)19-11-4-3-5-16-6-11/h8,11,16H,3-7H2,1-2H3,(H,19,20). The summed E-state index contributed by atoms with van der Waals surface area (Å²) in [4.78, 5) is 23.1. The smallest absolute Gasteiger partial charge is 0.230 e. The van der Waals surface area contributed by atoms with E-state index in [1.165, 1.54) is 22.2 Å². The second-order valence-electron chi connectivity index (χ2n) is 5.54. The number of carbonyl (C=O) groups excluding carboxylic acids is 1. The Balaban J connectivity index is 1.65. The molecule has 3 heterocycles. The van der Waals surface area contributed by atoms with Crippen LogP contribution in [0.3, 0.4) is 0 Å². The minimum atomic E-state index is 0.0788. The molecule has 1 fully saturated rings. The van der Waals surface area contributed by atoms with Crippen LogP contribution in [0.25, 0.3) is 10.2 Å². The Morgan fingerprint density at radius 3 is 3.14 bits per heavy atom. The normalized spacial score (nSPS) is 18.5. The van der Waals surface area contributed by atoms with Crippen LogP contribution in [0.15, 0.2) is 11.4 Å². The van der Waals surface area contributed by atoms with Gasteiger partial charge in [-0.2, -0.15) is 0 Å². The molecule has 1 saturated heterocycles. The molecule has 0 aromatic carbocycles. The van der Waals surface area contributed by atoms with E-state index in [9.17, 15) is 4.79 Å². The number of thiophene rings is 1. The first-order valence-corrected chi connectivity index (χ1v) is 9.29. The van der Waals surface area contributed by atoms with Gasteiger partial charge in [-0.15, -0.1) is 11.3 Å². The molecule has 3 rings (SSSR count). The fourth-order valence-corrected chi connectivity index (χ4v) is 4.57. The van der Waals surface area contributed by atoms with Gasteiger partial charge in [-0.3, -0.25) is 4.79 Å². The summed E-state index contributed by atoms with van der Waals surface area (Å²) in [7, 11) is 0. The van der Waals surface area contributed by atoms with Crippen LogP contribution in [-0.2, 0) is 4.79 Å². The first-order valence-electron chi connectivity index (χ1n) is 7.48. The number of piperidine rings is 1. The molecule has 0 saturated carbocycles.